The van der Waals surface area contributed by atoms with Crippen LogP contribution in [0, 0.1) is 12.1 Å². The Morgan fingerprint density at radius 1 is 1.69 bits per heavy atom. The molecular formula is C9H9NOS2. The average molecular weight is 211 g/mol. The van der Waals surface area contributed by atoms with Crippen LogP contribution in [0.3, 0.4) is 0 Å². The first-order valence-corrected chi connectivity index (χ1v) is 6.14. The highest BCUT2D eigenvalue weighted by molar-refractivity contribution is 8.76. The Labute approximate surface area is 85.9 Å². The molecule has 0 spiro atoms. The van der Waals surface area contributed by atoms with Crippen molar-refractivity contribution in [3.8, 4) is 0 Å². The topological polar surface area (TPSA) is 30.0 Å². The minimum Gasteiger partial charge on any atom is -0.300 e. The quantitative estimate of drug-likeness (QED) is 0.552. The molecule has 0 saturated carbocycles. The third-order valence-electron chi connectivity index (χ3n) is 1.20. The van der Waals surface area contributed by atoms with E-state index in [9.17, 15) is 4.79 Å². The van der Waals surface area contributed by atoms with Gasteiger partial charge in [0.15, 0.2) is 5.03 Å². The number of hydrogen-bond donors (Lipinski definition) is 0. The van der Waals surface area contributed by atoms with E-state index in [1.54, 1.807) is 30.0 Å². The molecular weight excluding hydrogens is 202 g/mol. The summed E-state index contributed by atoms with van der Waals surface area (Å²) in [6, 6.07) is 7.41. The van der Waals surface area contributed by atoms with Crippen molar-refractivity contribution >= 4 is 27.4 Å². The third kappa shape index (κ3) is 4.81. The average Bonchev–Trinajstić information content (AvgIpc) is 2.14. The van der Waals surface area contributed by atoms with Gasteiger partial charge in [-0.1, -0.05) is 16.9 Å². The molecule has 0 N–H and O–H groups in total. The highest BCUT2D eigenvalue weighted by atomic mass is 33.1. The Morgan fingerprint density at radius 3 is 3.15 bits per heavy atom. The maximum atomic E-state index is 10.6. The maximum absolute atomic E-state index is 10.6. The zero-order chi connectivity index (χ0) is 9.52. The van der Waals surface area contributed by atoms with Gasteiger partial charge >= 0.3 is 0 Å². The van der Waals surface area contributed by atoms with Crippen molar-refractivity contribution in [2.24, 2.45) is 0 Å². The van der Waals surface area contributed by atoms with Gasteiger partial charge in [-0.25, -0.2) is 4.98 Å². The second-order valence-corrected chi connectivity index (χ2v) is 4.78. The van der Waals surface area contributed by atoms with Crippen molar-refractivity contribution in [2.45, 2.75) is 18.4 Å². The largest absolute Gasteiger partial charge is 0.300 e. The summed E-state index contributed by atoms with van der Waals surface area (Å²) in [7, 11) is 3.15. The Balaban J connectivity index is 2.17. The van der Waals surface area contributed by atoms with Gasteiger partial charge in [0.05, 0.1) is 0 Å². The van der Waals surface area contributed by atoms with E-state index in [2.05, 4.69) is 17.1 Å². The van der Waals surface area contributed by atoms with Crippen LogP contribution >= 0.6 is 21.6 Å². The van der Waals surface area contributed by atoms with Crippen LogP contribution in [0.4, 0.5) is 0 Å². The predicted molar refractivity (Wildman–Crippen MR) is 55.5 cm³/mol. The van der Waals surface area contributed by atoms with Gasteiger partial charge in [0.2, 0.25) is 0 Å². The lowest BCUT2D eigenvalue weighted by molar-refractivity contribution is -0.116. The van der Waals surface area contributed by atoms with E-state index < -0.39 is 0 Å². The van der Waals surface area contributed by atoms with Gasteiger partial charge in [0, 0.05) is 24.4 Å². The first-order valence-electron chi connectivity index (χ1n) is 3.82. The molecule has 1 aromatic heterocycles. The summed E-state index contributed by atoms with van der Waals surface area (Å²) < 4.78 is 0. The van der Waals surface area contributed by atoms with Crippen LogP contribution in [-0.2, 0) is 4.79 Å². The normalized spacial score (nSPS) is 9.31. The van der Waals surface area contributed by atoms with E-state index in [0.29, 0.717) is 6.42 Å². The lowest BCUT2D eigenvalue weighted by atomic mass is 10.4. The molecule has 0 aliphatic carbocycles. The predicted octanol–water partition coefficient (Wildman–Crippen LogP) is 2.40. The van der Waals surface area contributed by atoms with Crippen molar-refractivity contribution in [2.75, 3.05) is 5.75 Å². The fourth-order valence-corrected chi connectivity index (χ4v) is 2.46. The van der Waals surface area contributed by atoms with Gasteiger partial charge in [0.1, 0.15) is 5.78 Å². The minimum absolute atomic E-state index is 0.227. The van der Waals surface area contributed by atoms with E-state index in [1.807, 2.05) is 0 Å². The third-order valence-corrected chi connectivity index (χ3v) is 3.39. The van der Waals surface area contributed by atoms with Gasteiger partial charge in [-0.05, 0) is 23.8 Å². The second-order valence-electron chi connectivity index (χ2n) is 2.38. The SMILES string of the molecule is CC(=O)CCSSc1c#cccn1. The number of nitrogens with zero attached hydrogens (tertiary/aromatic N) is 1. The molecule has 68 valence electrons. The van der Waals surface area contributed by atoms with Crippen LogP contribution in [0.25, 0.3) is 0 Å². The molecule has 0 saturated heterocycles. The fourth-order valence-electron chi connectivity index (χ4n) is 0.603. The van der Waals surface area contributed by atoms with Crippen LogP contribution < -0.4 is 0 Å². The molecule has 0 atom stereocenters. The van der Waals surface area contributed by atoms with Crippen molar-refractivity contribution in [3.63, 3.8) is 0 Å². The van der Waals surface area contributed by atoms with Crippen molar-refractivity contribution in [1.29, 1.82) is 0 Å². The summed E-state index contributed by atoms with van der Waals surface area (Å²) in [6.07, 6.45) is 2.30. The molecule has 0 radical (unpaired) electrons. The van der Waals surface area contributed by atoms with Gasteiger partial charge in [-0.15, -0.1) is 0 Å². The fraction of sp³-hybridized carbons (Fsp3) is 0.333. The number of carbonyl (C=O) groups excluding carboxylic acids is 1. The van der Waals surface area contributed by atoms with E-state index in [4.69, 9.17) is 0 Å². The first kappa shape index (κ1) is 10.4. The highest BCUT2D eigenvalue weighted by Crippen LogP contribution is 2.28. The zero-order valence-corrected chi connectivity index (χ0v) is 8.87. The minimum atomic E-state index is 0.227. The Hall–Kier alpha value is -0.660. The van der Waals surface area contributed by atoms with E-state index in [0.717, 1.165) is 10.8 Å². The summed E-state index contributed by atoms with van der Waals surface area (Å²) in [4.78, 5) is 14.7. The highest BCUT2D eigenvalue weighted by Gasteiger charge is 1.96. The van der Waals surface area contributed by atoms with E-state index >= 15 is 0 Å². The lowest BCUT2D eigenvalue weighted by Crippen LogP contribution is -1.90. The molecule has 0 amide bonds. The molecule has 0 fully saturated rings. The van der Waals surface area contributed by atoms with E-state index in [1.165, 1.54) is 10.8 Å². The molecule has 1 aromatic rings. The number of ketones is 1. The first-order chi connectivity index (χ1) is 6.29. The van der Waals surface area contributed by atoms with E-state index in [-0.39, 0.29) is 5.78 Å². The van der Waals surface area contributed by atoms with Gasteiger partial charge in [-0.2, -0.15) is 0 Å². The molecule has 13 heavy (non-hydrogen) atoms. The summed E-state index contributed by atoms with van der Waals surface area (Å²) in [5.41, 5.74) is 0. The van der Waals surface area contributed by atoms with Crippen LogP contribution in [0.1, 0.15) is 13.3 Å². The van der Waals surface area contributed by atoms with Gasteiger partial charge in [-0.3, -0.25) is 4.79 Å². The summed E-state index contributed by atoms with van der Waals surface area (Å²) in [6.45, 7) is 1.60. The monoisotopic (exact) mass is 211 g/mol. The van der Waals surface area contributed by atoms with Crippen molar-refractivity contribution < 1.29 is 4.79 Å². The van der Waals surface area contributed by atoms with Crippen LogP contribution in [0.2, 0.25) is 0 Å². The van der Waals surface area contributed by atoms with Crippen LogP contribution in [-0.4, -0.2) is 16.5 Å². The number of rotatable bonds is 5. The smallest absolute Gasteiger partial charge is 0.157 e. The van der Waals surface area contributed by atoms with Crippen molar-refractivity contribution in [3.05, 3.63) is 24.4 Å². The Morgan fingerprint density at radius 2 is 2.54 bits per heavy atom. The molecule has 0 bridgehead atoms. The molecule has 0 aromatic carbocycles. The molecule has 1 rings (SSSR count). The second kappa shape index (κ2) is 5.90. The maximum Gasteiger partial charge on any atom is 0.157 e. The number of aromatic nitrogens is 1. The summed E-state index contributed by atoms with van der Waals surface area (Å²) >= 11 is 0. The van der Waals surface area contributed by atoms with Crippen molar-refractivity contribution in [1.82, 2.24) is 4.98 Å². The lowest BCUT2D eigenvalue weighted by Gasteiger charge is -1.95. The number of hydrogen-bond acceptors (Lipinski definition) is 4. The Bertz CT molecular complexity index is 264. The molecule has 4 heteroatoms. The zero-order valence-electron chi connectivity index (χ0n) is 7.24. The summed E-state index contributed by atoms with van der Waals surface area (Å²) in [5.74, 6) is 1.05. The molecule has 1 heterocycles. The summed E-state index contributed by atoms with van der Waals surface area (Å²) in [5, 5.41) is 0.816. The molecule has 0 unspecified atom stereocenters. The molecule has 0 aliphatic heterocycles. The molecule has 2 nitrogen and oxygen atoms in total. The van der Waals surface area contributed by atoms with Crippen LogP contribution in [0.5, 0.6) is 0 Å². The van der Waals surface area contributed by atoms with Crippen LogP contribution in [0.15, 0.2) is 17.3 Å². The van der Waals surface area contributed by atoms with Gasteiger partial charge in [0.25, 0.3) is 0 Å². The Kier molecular flexibility index (Phi) is 4.73. The van der Waals surface area contributed by atoms with Gasteiger partial charge < -0.3 is 0 Å². The standard InChI is InChI=1S/C9H9NOS2/c1-8(11)5-7-12-13-9-4-2-3-6-10-9/h3,6H,5,7H2,1H3. The molecule has 0 aliphatic rings. The number of Topliss-reactive ketones (excluding diaryl/α,β-unsaturated/α-hetero) is 1. The number of carbonyl (C=O) groups is 1.